The van der Waals surface area contributed by atoms with Crippen LogP contribution in [0.25, 0.3) is 0 Å². The monoisotopic (exact) mass is 256 g/mol. The van der Waals surface area contributed by atoms with Crippen LogP contribution in [-0.4, -0.2) is 17.6 Å². The van der Waals surface area contributed by atoms with Crippen LogP contribution in [0.5, 0.6) is 0 Å². The molecule has 0 unspecified atom stereocenters. The van der Waals surface area contributed by atoms with Gasteiger partial charge in [-0.1, -0.05) is 18.2 Å². The molecule has 0 bridgehead atoms. The Bertz CT molecular complexity index is 541. The zero-order valence-corrected chi connectivity index (χ0v) is 10.8. The second-order valence-electron chi connectivity index (χ2n) is 3.94. The molecule has 4 heteroatoms. The molecular formula is C15H16N2O2. The van der Waals surface area contributed by atoms with Crippen molar-refractivity contribution in [2.75, 3.05) is 11.9 Å². The van der Waals surface area contributed by atoms with Crippen molar-refractivity contribution < 1.29 is 9.53 Å². The molecule has 0 spiro atoms. The summed E-state index contributed by atoms with van der Waals surface area (Å²) in [5.74, 6) is -0.313. The first-order valence-electron chi connectivity index (χ1n) is 6.21. The number of aromatic nitrogens is 1. The molecule has 0 aliphatic heterocycles. The van der Waals surface area contributed by atoms with Crippen LogP contribution >= 0.6 is 0 Å². The number of nitrogens with one attached hydrogen (secondary N) is 1. The number of ether oxygens (including phenoxy) is 1. The number of para-hydroxylation sites is 1. The first-order valence-corrected chi connectivity index (χ1v) is 6.21. The maximum atomic E-state index is 11.8. The summed E-state index contributed by atoms with van der Waals surface area (Å²) in [6, 6.07) is 13.0. The van der Waals surface area contributed by atoms with Gasteiger partial charge in [0, 0.05) is 11.9 Å². The number of carbonyl (C=O) groups is 1. The van der Waals surface area contributed by atoms with Gasteiger partial charge in [0.25, 0.3) is 0 Å². The average molecular weight is 256 g/mol. The van der Waals surface area contributed by atoms with Gasteiger partial charge in [0.2, 0.25) is 0 Å². The van der Waals surface area contributed by atoms with Gasteiger partial charge < -0.3 is 10.1 Å². The van der Waals surface area contributed by atoms with Crippen LogP contribution in [0.15, 0.2) is 48.7 Å². The zero-order chi connectivity index (χ0) is 13.5. The maximum Gasteiger partial charge on any atom is 0.340 e. The summed E-state index contributed by atoms with van der Waals surface area (Å²) in [6.45, 7) is 2.73. The molecule has 0 saturated carbocycles. The molecule has 0 aliphatic rings. The highest BCUT2D eigenvalue weighted by molar-refractivity contribution is 5.95. The number of anilines is 1. The van der Waals surface area contributed by atoms with Crippen molar-refractivity contribution in [3.63, 3.8) is 0 Å². The number of carbonyl (C=O) groups excluding carboxylic acids is 1. The standard InChI is InChI=1S/C15H16N2O2/c1-2-19-15(18)13-8-3-4-9-14(13)17-11-12-7-5-6-10-16-12/h3-10,17H,2,11H2,1H3. The summed E-state index contributed by atoms with van der Waals surface area (Å²) in [5.41, 5.74) is 2.22. The van der Waals surface area contributed by atoms with Crippen molar-refractivity contribution in [1.82, 2.24) is 4.98 Å². The molecular weight excluding hydrogens is 240 g/mol. The smallest absolute Gasteiger partial charge is 0.340 e. The van der Waals surface area contributed by atoms with Crippen LogP contribution < -0.4 is 5.32 Å². The third-order valence-corrected chi connectivity index (χ3v) is 2.61. The molecule has 0 saturated heterocycles. The topological polar surface area (TPSA) is 51.2 Å². The molecule has 1 N–H and O–H groups in total. The van der Waals surface area contributed by atoms with Gasteiger partial charge in [-0.3, -0.25) is 4.98 Å². The Morgan fingerprint density at radius 1 is 1.21 bits per heavy atom. The summed E-state index contributed by atoms with van der Waals surface area (Å²) >= 11 is 0. The molecule has 4 nitrogen and oxygen atoms in total. The molecule has 0 aliphatic carbocycles. The predicted octanol–water partition coefficient (Wildman–Crippen LogP) is 2.87. The molecule has 2 rings (SSSR count). The highest BCUT2D eigenvalue weighted by atomic mass is 16.5. The predicted molar refractivity (Wildman–Crippen MR) is 74.0 cm³/mol. The quantitative estimate of drug-likeness (QED) is 0.836. The van der Waals surface area contributed by atoms with Crippen molar-refractivity contribution >= 4 is 11.7 Å². The summed E-state index contributed by atoms with van der Waals surface area (Å²) in [4.78, 5) is 16.0. The molecule has 1 aromatic heterocycles. The highest BCUT2D eigenvalue weighted by Crippen LogP contribution is 2.16. The Morgan fingerprint density at radius 2 is 2.00 bits per heavy atom. The van der Waals surface area contributed by atoms with Gasteiger partial charge in [0.05, 0.1) is 24.4 Å². The number of esters is 1. The van der Waals surface area contributed by atoms with E-state index in [1.54, 1.807) is 19.2 Å². The van der Waals surface area contributed by atoms with E-state index in [0.29, 0.717) is 18.7 Å². The molecule has 0 radical (unpaired) electrons. The molecule has 2 aromatic rings. The van der Waals surface area contributed by atoms with Crippen LogP contribution in [0.4, 0.5) is 5.69 Å². The summed E-state index contributed by atoms with van der Waals surface area (Å²) in [6.07, 6.45) is 1.74. The fraction of sp³-hybridized carbons (Fsp3) is 0.200. The number of nitrogens with zero attached hydrogens (tertiary/aromatic N) is 1. The van der Waals surface area contributed by atoms with E-state index < -0.39 is 0 Å². The van der Waals surface area contributed by atoms with Crippen LogP contribution in [0.1, 0.15) is 23.0 Å². The Morgan fingerprint density at radius 3 is 2.74 bits per heavy atom. The van der Waals surface area contributed by atoms with Crippen LogP contribution in [0, 0.1) is 0 Å². The lowest BCUT2D eigenvalue weighted by atomic mass is 10.1. The second kappa shape index (κ2) is 6.54. The minimum Gasteiger partial charge on any atom is -0.462 e. The summed E-state index contributed by atoms with van der Waals surface area (Å²) in [5, 5.41) is 3.21. The van der Waals surface area contributed by atoms with Crippen molar-refractivity contribution in [2.24, 2.45) is 0 Å². The molecule has 0 amide bonds. The summed E-state index contributed by atoms with van der Waals surface area (Å²) < 4.78 is 5.03. The van der Waals surface area contributed by atoms with E-state index in [-0.39, 0.29) is 5.97 Å². The fourth-order valence-corrected chi connectivity index (χ4v) is 1.71. The highest BCUT2D eigenvalue weighted by Gasteiger charge is 2.11. The Kier molecular flexibility index (Phi) is 4.50. The fourth-order valence-electron chi connectivity index (χ4n) is 1.71. The SMILES string of the molecule is CCOC(=O)c1ccccc1NCc1ccccn1. The molecule has 1 heterocycles. The van der Waals surface area contributed by atoms with E-state index >= 15 is 0 Å². The normalized spacial score (nSPS) is 9.95. The van der Waals surface area contributed by atoms with E-state index in [1.807, 2.05) is 36.4 Å². The maximum absolute atomic E-state index is 11.8. The van der Waals surface area contributed by atoms with E-state index in [4.69, 9.17) is 4.74 Å². The van der Waals surface area contributed by atoms with Gasteiger partial charge in [0.15, 0.2) is 0 Å². The molecule has 1 aromatic carbocycles. The molecule has 0 fully saturated rings. The van der Waals surface area contributed by atoms with Crippen molar-refractivity contribution in [2.45, 2.75) is 13.5 Å². The second-order valence-corrected chi connectivity index (χ2v) is 3.94. The minimum absolute atomic E-state index is 0.313. The van der Waals surface area contributed by atoms with Gasteiger partial charge in [0.1, 0.15) is 0 Å². The van der Waals surface area contributed by atoms with Gasteiger partial charge >= 0.3 is 5.97 Å². The number of hydrogen-bond acceptors (Lipinski definition) is 4. The van der Waals surface area contributed by atoms with Crippen molar-refractivity contribution in [3.05, 3.63) is 59.9 Å². The largest absolute Gasteiger partial charge is 0.462 e. The van der Waals surface area contributed by atoms with Gasteiger partial charge in [-0.05, 0) is 31.2 Å². The summed E-state index contributed by atoms with van der Waals surface area (Å²) in [7, 11) is 0. The minimum atomic E-state index is -0.313. The number of benzene rings is 1. The van der Waals surface area contributed by atoms with Gasteiger partial charge in [-0.2, -0.15) is 0 Å². The Balaban J connectivity index is 2.10. The Labute approximate surface area is 112 Å². The van der Waals surface area contributed by atoms with Crippen LogP contribution in [-0.2, 0) is 11.3 Å². The van der Waals surface area contributed by atoms with Gasteiger partial charge in [-0.15, -0.1) is 0 Å². The van der Waals surface area contributed by atoms with E-state index in [2.05, 4.69) is 10.3 Å². The lowest BCUT2D eigenvalue weighted by Gasteiger charge is -2.10. The Hall–Kier alpha value is -2.36. The number of pyridine rings is 1. The number of hydrogen-bond donors (Lipinski definition) is 1. The van der Waals surface area contributed by atoms with E-state index in [9.17, 15) is 4.79 Å². The molecule has 98 valence electrons. The van der Waals surface area contributed by atoms with Gasteiger partial charge in [-0.25, -0.2) is 4.79 Å². The first kappa shape index (κ1) is 13.1. The first-order chi connectivity index (χ1) is 9.31. The lowest BCUT2D eigenvalue weighted by molar-refractivity contribution is 0.0527. The third-order valence-electron chi connectivity index (χ3n) is 2.61. The van der Waals surface area contributed by atoms with Crippen molar-refractivity contribution in [3.8, 4) is 0 Å². The van der Waals surface area contributed by atoms with Crippen LogP contribution in [0.2, 0.25) is 0 Å². The average Bonchev–Trinajstić information content (AvgIpc) is 2.47. The van der Waals surface area contributed by atoms with Crippen molar-refractivity contribution in [1.29, 1.82) is 0 Å². The number of rotatable bonds is 5. The third kappa shape index (κ3) is 3.55. The molecule has 19 heavy (non-hydrogen) atoms. The van der Waals surface area contributed by atoms with E-state index in [0.717, 1.165) is 11.4 Å². The molecule has 0 atom stereocenters. The lowest BCUT2D eigenvalue weighted by Crippen LogP contribution is -2.10. The van der Waals surface area contributed by atoms with E-state index in [1.165, 1.54) is 0 Å². The zero-order valence-electron chi connectivity index (χ0n) is 10.8. The van der Waals surface area contributed by atoms with Crippen LogP contribution in [0.3, 0.4) is 0 Å².